The first-order chi connectivity index (χ1) is 11.1. The van der Waals surface area contributed by atoms with Crippen molar-refractivity contribution in [1.29, 1.82) is 0 Å². The van der Waals surface area contributed by atoms with E-state index in [1.807, 2.05) is 30.3 Å². The molecule has 1 heterocycles. The molecule has 0 unspecified atom stereocenters. The first-order valence-corrected chi connectivity index (χ1v) is 7.52. The van der Waals surface area contributed by atoms with Crippen LogP contribution in [0, 0.1) is 10.1 Å². The standard InChI is InChI=1S/C16H11BrN4O2/c17-11-9-13(16-18-7-4-8-19-16)15(14(10-11)21(22)23)20-12-5-2-1-3-6-12/h1-10,20H. The van der Waals surface area contributed by atoms with Gasteiger partial charge in [0.2, 0.25) is 0 Å². The second-order valence-electron chi connectivity index (χ2n) is 4.67. The minimum atomic E-state index is -0.428. The van der Waals surface area contributed by atoms with E-state index in [2.05, 4.69) is 31.2 Å². The summed E-state index contributed by atoms with van der Waals surface area (Å²) < 4.78 is 0.588. The van der Waals surface area contributed by atoms with Gasteiger partial charge in [-0.25, -0.2) is 9.97 Å². The molecule has 0 aliphatic heterocycles. The summed E-state index contributed by atoms with van der Waals surface area (Å²) in [6, 6.07) is 14.2. The van der Waals surface area contributed by atoms with E-state index in [0.717, 1.165) is 5.69 Å². The van der Waals surface area contributed by atoms with E-state index in [-0.39, 0.29) is 5.69 Å². The molecule has 3 aromatic rings. The molecule has 7 heteroatoms. The van der Waals surface area contributed by atoms with Gasteiger partial charge in [0.25, 0.3) is 5.69 Å². The molecule has 0 saturated carbocycles. The van der Waals surface area contributed by atoms with Gasteiger partial charge in [0.1, 0.15) is 5.69 Å². The number of nitrogens with one attached hydrogen (secondary N) is 1. The largest absolute Gasteiger partial charge is 0.349 e. The quantitative estimate of drug-likeness (QED) is 0.537. The molecule has 0 bridgehead atoms. The average molecular weight is 371 g/mol. The Morgan fingerprint density at radius 2 is 1.74 bits per heavy atom. The highest BCUT2D eigenvalue weighted by Crippen LogP contribution is 2.38. The maximum absolute atomic E-state index is 11.5. The molecule has 23 heavy (non-hydrogen) atoms. The predicted molar refractivity (Wildman–Crippen MR) is 91.5 cm³/mol. The molecule has 6 nitrogen and oxygen atoms in total. The van der Waals surface area contributed by atoms with Gasteiger partial charge in [-0.1, -0.05) is 34.1 Å². The fourth-order valence-corrected chi connectivity index (χ4v) is 2.59. The molecule has 0 amide bonds. The summed E-state index contributed by atoms with van der Waals surface area (Å²) in [5.41, 5.74) is 1.60. The summed E-state index contributed by atoms with van der Waals surface area (Å²) in [5, 5.41) is 14.6. The number of hydrogen-bond acceptors (Lipinski definition) is 5. The van der Waals surface area contributed by atoms with E-state index in [1.54, 1.807) is 24.5 Å². The summed E-state index contributed by atoms with van der Waals surface area (Å²) in [6.07, 6.45) is 3.20. The van der Waals surface area contributed by atoms with Crippen molar-refractivity contribution in [2.45, 2.75) is 0 Å². The van der Waals surface area contributed by atoms with Crippen LogP contribution in [0.15, 0.2) is 65.4 Å². The fraction of sp³-hybridized carbons (Fsp3) is 0. The van der Waals surface area contributed by atoms with Gasteiger partial charge < -0.3 is 5.32 Å². The Bertz CT molecular complexity index is 841. The summed E-state index contributed by atoms with van der Waals surface area (Å²) in [4.78, 5) is 19.4. The maximum atomic E-state index is 11.5. The van der Waals surface area contributed by atoms with Crippen LogP contribution in [0.5, 0.6) is 0 Å². The second-order valence-corrected chi connectivity index (χ2v) is 5.58. The van der Waals surface area contributed by atoms with Crippen molar-refractivity contribution >= 4 is 33.0 Å². The summed E-state index contributed by atoms with van der Waals surface area (Å²) in [6.45, 7) is 0. The van der Waals surface area contributed by atoms with Crippen molar-refractivity contribution < 1.29 is 4.92 Å². The molecule has 1 aromatic heterocycles. The maximum Gasteiger partial charge on any atom is 0.294 e. The zero-order chi connectivity index (χ0) is 16.2. The first kappa shape index (κ1) is 15.1. The van der Waals surface area contributed by atoms with Crippen molar-refractivity contribution in [3.8, 4) is 11.4 Å². The van der Waals surface area contributed by atoms with Crippen LogP contribution in [0.2, 0.25) is 0 Å². The molecule has 114 valence electrons. The first-order valence-electron chi connectivity index (χ1n) is 6.72. The molecule has 0 aliphatic rings. The van der Waals surface area contributed by atoms with Crippen molar-refractivity contribution in [2.24, 2.45) is 0 Å². The molecule has 0 aliphatic carbocycles. The van der Waals surface area contributed by atoms with Gasteiger partial charge in [0.15, 0.2) is 5.82 Å². The predicted octanol–water partition coefficient (Wildman–Crippen LogP) is 4.56. The van der Waals surface area contributed by atoms with Gasteiger partial charge in [0, 0.05) is 28.6 Å². The Hall–Kier alpha value is -2.80. The number of benzene rings is 2. The van der Waals surface area contributed by atoms with E-state index in [4.69, 9.17) is 0 Å². The van der Waals surface area contributed by atoms with E-state index in [0.29, 0.717) is 21.5 Å². The average Bonchev–Trinajstić information content (AvgIpc) is 2.57. The number of nitro groups is 1. The number of nitro benzene ring substituents is 1. The third-order valence-electron chi connectivity index (χ3n) is 3.13. The van der Waals surface area contributed by atoms with Crippen LogP contribution in [0.3, 0.4) is 0 Å². The highest BCUT2D eigenvalue weighted by molar-refractivity contribution is 9.10. The molecule has 0 spiro atoms. The molecule has 3 rings (SSSR count). The summed E-state index contributed by atoms with van der Waals surface area (Å²) >= 11 is 3.31. The third kappa shape index (κ3) is 3.35. The van der Waals surface area contributed by atoms with Gasteiger partial charge >= 0.3 is 0 Å². The SMILES string of the molecule is O=[N+]([O-])c1cc(Br)cc(-c2ncccn2)c1Nc1ccccc1. The van der Waals surface area contributed by atoms with Crippen molar-refractivity contribution in [3.05, 3.63) is 75.5 Å². The van der Waals surface area contributed by atoms with E-state index in [1.165, 1.54) is 6.07 Å². The van der Waals surface area contributed by atoms with Crippen molar-refractivity contribution in [3.63, 3.8) is 0 Å². The van der Waals surface area contributed by atoms with Gasteiger partial charge in [0.05, 0.1) is 10.5 Å². The molecule has 0 saturated heterocycles. The van der Waals surface area contributed by atoms with Crippen molar-refractivity contribution in [1.82, 2.24) is 9.97 Å². The zero-order valence-electron chi connectivity index (χ0n) is 11.8. The lowest BCUT2D eigenvalue weighted by molar-refractivity contribution is -0.383. The lowest BCUT2D eigenvalue weighted by atomic mass is 10.1. The van der Waals surface area contributed by atoms with Gasteiger partial charge in [-0.15, -0.1) is 0 Å². The second kappa shape index (κ2) is 6.53. The van der Waals surface area contributed by atoms with Gasteiger partial charge in [-0.05, 0) is 24.3 Å². The van der Waals surface area contributed by atoms with Crippen LogP contribution < -0.4 is 5.32 Å². The lowest BCUT2D eigenvalue weighted by Crippen LogP contribution is -2.01. The molecule has 1 N–H and O–H groups in total. The van der Waals surface area contributed by atoms with Crippen LogP contribution in [-0.4, -0.2) is 14.9 Å². The molecule has 0 atom stereocenters. The molecule has 0 fully saturated rings. The smallest absolute Gasteiger partial charge is 0.294 e. The summed E-state index contributed by atoms with van der Waals surface area (Å²) in [5.74, 6) is 0.412. The fourth-order valence-electron chi connectivity index (χ4n) is 2.15. The number of aromatic nitrogens is 2. The number of anilines is 2. The highest BCUT2D eigenvalue weighted by Gasteiger charge is 2.21. The summed E-state index contributed by atoms with van der Waals surface area (Å²) in [7, 11) is 0. The molecule has 0 radical (unpaired) electrons. The van der Waals surface area contributed by atoms with Crippen LogP contribution in [-0.2, 0) is 0 Å². The van der Waals surface area contributed by atoms with E-state index < -0.39 is 4.92 Å². The Balaban J connectivity index is 2.20. The van der Waals surface area contributed by atoms with Crippen molar-refractivity contribution in [2.75, 3.05) is 5.32 Å². The number of rotatable bonds is 4. The third-order valence-corrected chi connectivity index (χ3v) is 3.59. The number of nitrogens with zero attached hydrogens (tertiary/aromatic N) is 3. The normalized spacial score (nSPS) is 10.3. The Kier molecular flexibility index (Phi) is 4.29. The topological polar surface area (TPSA) is 81.0 Å². The van der Waals surface area contributed by atoms with Crippen LogP contribution >= 0.6 is 15.9 Å². The van der Waals surface area contributed by atoms with Gasteiger partial charge in [-0.3, -0.25) is 10.1 Å². The van der Waals surface area contributed by atoms with E-state index >= 15 is 0 Å². The minimum absolute atomic E-state index is 0.0503. The monoisotopic (exact) mass is 370 g/mol. The zero-order valence-corrected chi connectivity index (χ0v) is 13.4. The Morgan fingerprint density at radius 1 is 1.04 bits per heavy atom. The molecule has 2 aromatic carbocycles. The highest BCUT2D eigenvalue weighted by atomic mass is 79.9. The molecular formula is C16H11BrN4O2. The van der Waals surface area contributed by atoms with Crippen LogP contribution in [0.4, 0.5) is 17.1 Å². The number of para-hydroxylation sites is 1. The van der Waals surface area contributed by atoms with Gasteiger partial charge in [-0.2, -0.15) is 0 Å². The van der Waals surface area contributed by atoms with Crippen LogP contribution in [0.1, 0.15) is 0 Å². The Labute approximate surface area is 140 Å². The molecular weight excluding hydrogens is 360 g/mol. The number of halogens is 1. The Morgan fingerprint density at radius 3 is 2.39 bits per heavy atom. The minimum Gasteiger partial charge on any atom is -0.349 e. The lowest BCUT2D eigenvalue weighted by Gasteiger charge is -2.12. The number of hydrogen-bond donors (Lipinski definition) is 1. The van der Waals surface area contributed by atoms with Crippen LogP contribution in [0.25, 0.3) is 11.4 Å². The van der Waals surface area contributed by atoms with E-state index in [9.17, 15) is 10.1 Å².